The first kappa shape index (κ1) is 11.1. The van der Waals surface area contributed by atoms with Crippen LogP contribution in [0, 0.1) is 0 Å². The lowest BCUT2D eigenvalue weighted by Gasteiger charge is -2.09. The molecule has 0 bridgehead atoms. The second-order valence-electron chi connectivity index (χ2n) is 4.51. The van der Waals surface area contributed by atoms with Gasteiger partial charge in [-0.25, -0.2) is 0 Å². The summed E-state index contributed by atoms with van der Waals surface area (Å²) in [6.45, 7) is 3.80. The number of rotatable bonds is 3. The quantitative estimate of drug-likeness (QED) is 0.840. The van der Waals surface area contributed by atoms with Crippen molar-refractivity contribution < 1.29 is 9.53 Å². The first-order valence-electron chi connectivity index (χ1n) is 5.58. The van der Waals surface area contributed by atoms with Gasteiger partial charge in [0.2, 0.25) is 0 Å². The maximum atomic E-state index is 10.8. The van der Waals surface area contributed by atoms with E-state index >= 15 is 0 Å². The highest BCUT2D eigenvalue weighted by Gasteiger charge is 2.26. The number of fused-ring (bicyclic) bond motifs is 1. The molecule has 2 N–H and O–H groups in total. The highest BCUT2D eigenvalue weighted by Crippen LogP contribution is 2.33. The number of hydrogen-bond donors (Lipinski definition) is 1. The van der Waals surface area contributed by atoms with E-state index < -0.39 is 0 Å². The highest BCUT2D eigenvalue weighted by molar-refractivity contribution is 5.77. The fourth-order valence-electron chi connectivity index (χ4n) is 2.14. The third-order valence-corrected chi connectivity index (χ3v) is 3.14. The fraction of sp³-hybridized carbons (Fsp3) is 0.462. The van der Waals surface area contributed by atoms with Crippen molar-refractivity contribution in [3.8, 4) is 5.75 Å². The van der Waals surface area contributed by atoms with Crippen molar-refractivity contribution in [1.29, 1.82) is 0 Å². The van der Waals surface area contributed by atoms with Crippen LogP contribution in [0.1, 0.15) is 30.9 Å². The summed E-state index contributed by atoms with van der Waals surface area (Å²) in [4.78, 5) is 10.8. The minimum Gasteiger partial charge on any atom is -0.486 e. The van der Waals surface area contributed by atoms with Crippen LogP contribution >= 0.6 is 0 Å². The zero-order valence-corrected chi connectivity index (χ0v) is 9.69. The van der Waals surface area contributed by atoms with Crippen LogP contribution in [0.25, 0.3) is 0 Å². The normalized spacial score (nSPS) is 22.9. The van der Waals surface area contributed by atoms with Crippen LogP contribution < -0.4 is 10.5 Å². The molecule has 16 heavy (non-hydrogen) atoms. The standard InChI is InChI=1S/C13H17NO2/c1-8(15)7-16-11-3-4-12-9(2)13(14)6-10(12)5-11/h3-5,9,13H,6-7,14H2,1-2H3. The fourth-order valence-corrected chi connectivity index (χ4v) is 2.14. The molecular weight excluding hydrogens is 202 g/mol. The predicted molar refractivity (Wildman–Crippen MR) is 62.7 cm³/mol. The molecule has 1 aliphatic carbocycles. The minimum atomic E-state index is 0.0329. The monoisotopic (exact) mass is 219 g/mol. The Morgan fingerprint density at radius 2 is 2.31 bits per heavy atom. The van der Waals surface area contributed by atoms with Crippen molar-refractivity contribution in [1.82, 2.24) is 0 Å². The van der Waals surface area contributed by atoms with E-state index in [9.17, 15) is 4.79 Å². The molecule has 2 atom stereocenters. The maximum Gasteiger partial charge on any atom is 0.167 e. The smallest absolute Gasteiger partial charge is 0.167 e. The predicted octanol–water partition coefficient (Wildman–Crippen LogP) is 1.64. The van der Waals surface area contributed by atoms with E-state index in [2.05, 4.69) is 13.0 Å². The molecular formula is C13H17NO2. The van der Waals surface area contributed by atoms with Crippen LogP contribution in [0.2, 0.25) is 0 Å². The van der Waals surface area contributed by atoms with Gasteiger partial charge in [0.15, 0.2) is 5.78 Å². The Bertz CT molecular complexity index is 414. The second kappa shape index (κ2) is 4.26. The van der Waals surface area contributed by atoms with E-state index in [1.54, 1.807) is 0 Å². The summed E-state index contributed by atoms with van der Waals surface area (Å²) in [5.41, 5.74) is 8.56. The molecule has 0 saturated carbocycles. The van der Waals surface area contributed by atoms with Gasteiger partial charge in [0.25, 0.3) is 0 Å². The van der Waals surface area contributed by atoms with E-state index in [0.717, 1.165) is 12.2 Å². The third kappa shape index (κ3) is 2.09. The molecule has 0 radical (unpaired) electrons. The van der Waals surface area contributed by atoms with Gasteiger partial charge in [0.05, 0.1) is 0 Å². The molecule has 0 aliphatic heterocycles. The average Bonchev–Trinajstić information content (AvgIpc) is 2.52. The average molecular weight is 219 g/mol. The Morgan fingerprint density at radius 1 is 1.56 bits per heavy atom. The molecule has 1 aromatic rings. The van der Waals surface area contributed by atoms with Crippen molar-refractivity contribution in [2.45, 2.75) is 32.2 Å². The molecule has 0 heterocycles. The third-order valence-electron chi connectivity index (χ3n) is 3.14. The Kier molecular flexibility index (Phi) is 2.97. The van der Waals surface area contributed by atoms with Gasteiger partial charge in [-0.05, 0) is 42.5 Å². The maximum absolute atomic E-state index is 10.8. The molecule has 2 rings (SSSR count). The van der Waals surface area contributed by atoms with Crippen molar-refractivity contribution in [3.05, 3.63) is 29.3 Å². The van der Waals surface area contributed by atoms with Crippen molar-refractivity contribution in [3.63, 3.8) is 0 Å². The number of Topliss-reactive ketones (excluding diaryl/α,β-unsaturated/α-hetero) is 1. The molecule has 0 saturated heterocycles. The number of ketones is 1. The zero-order chi connectivity index (χ0) is 11.7. The lowest BCUT2D eigenvalue weighted by atomic mass is 10.0. The van der Waals surface area contributed by atoms with E-state index in [-0.39, 0.29) is 18.4 Å². The van der Waals surface area contributed by atoms with Crippen LogP contribution in [-0.2, 0) is 11.2 Å². The first-order chi connectivity index (χ1) is 7.58. The van der Waals surface area contributed by atoms with E-state index in [1.165, 1.54) is 18.1 Å². The van der Waals surface area contributed by atoms with Gasteiger partial charge < -0.3 is 10.5 Å². The molecule has 1 aliphatic rings. The Balaban J connectivity index is 2.15. The van der Waals surface area contributed by atoms with Crippen molar-refractivity contribution in [2.75, 3.05) is 6.61 Å². The summed E-state index contributed by atoms with van der Waals surface area (Å²) < 4.78 is 5.37. The molecule has 3 nitrogen and oxygen atoms in total. The lowest BCUT2D eigenvalue weighted by Crippen LogP contribution is -2.22. The van der Waals surface area contributed by atoms with Crippen LogP contribution in [0.5, 0.6) is 5.75 Å². The number of carbonyl (C=O) groups excluding carboxylic acids is 1. The van der Waals surface area contributed by atoms with E-state index in [1.807, 2.05) is 12.1 Å². The number of benzene rings is 1. The summed E-state index contributed by atoms with van der Waals surface area (Å²) in [5, 5.41) is 0. The Morgan fingerprint density at radius 3 is 3.00 bits per heavy atom. The molecule has 0 amide bonds. The van der Waals surface area contributed by atoms with Gasteiger partial charge in [0.1, 0.15) is 12.4 Å². The van der Waals surface area contributed by atoms with Gasteiger partial charge in [-0.2, -0.15) is 0 Å². The van der Waals surface area contributed by atoms with Crippen LogP contribution in [0.4, 0.5) is 0 Å². The topological polar surface area (TPSA) is 52.3 Å². The molecule has 0 aromatic heterocycles. The van der Waals surface area contributed by atoms with Gasteiger partial charge in [0, 0.05) is 6.04 Å². The van der Waals surface area contributed by atoms with Crippen LogP contribution in [0.15, 0.2) is 18.2 Å². The Labute approximate surface area is 95.6 Å². The second-order valence-corrected chi connectivity index (χ2v) is 4.51. The SMILES string of the molecule is CC(=O)COc1ccc2c(c1)CC(N)C2C. The number of carbonyl (C=O) groups is 1. The van der Waals surface area contributed by atoms with Gasteiger partial charge in [-0.1, -0.05) is 13.0 Å². The Hall–Kier alpha value is -1.35. The van der Waals surface area contributed by atoms with Gasteiger partial charge in [-0.15, -0.1) is 0 Å². The lowest BCUT2D eigenvalue weighted by molar-refractivity contribution is -0.118. The largest absolute Gasteiger partial charge is 0.486 e. The summed E-state index contributed by atoms with van der Waals surface area (Å²) in [6.07, 6.45) is 0.897. The van der Waals surface area contributed by atoms with Crippen LogP contribution in [-0.4, -0.2) is 18.4 Å². The van der Waals surface area contributed by atoms with Gasteiger partial charge >= 0.3 is 0 Å². The van der Waals surface area contributed by atoms with Crippen molar-refractivity contribution >= 4 is 5.78 Å². The highest BCUT2D eigenvalue weighted by atomic mass is 16.5. The summed E-state index contributed by atoms with van der Waals surface area (Å²) >= 11 is 0. The molecule has 1 aromatic carbocycles. The van der Waals surface area contributed by atoms with Gasteiger partial charge in [-0.3, -0.25) is 4.79 Å². The summed E-state index contributed by atoms with van der Waals surface area (Å²) in [6, 6.07) is 6.18. The summed E-state index contributed by atoms with van der Waals surface area (Å²) in [5.74, 6) is 1.21. The van der Waals surface area contributed by atoms with Crippen LogP contribution in [0.3, 0.4) is 0 Å². The molecule has 3 heteroatoms. The first-order valence-corrected chi connectivity index (χ1v) is 5.58. The minimum absolute atomic E-state index is 0.0329. The molecule has 2 unspecified atom stereocenters. The van der Waals surface area contributed by atoms with E-state index in [0.29, 0.717) is 5.92 Å². The number of hydrogen-bond acceptors (Lipinski definition) is 3. The number of nitrogens with two attached hydrogens (primary N) is 1. The van der Waals surface area contributed by atoms with E-state index in [4.69, 9.17) is 10.5 Å². The molecule has 86 valence electrons. The van der Waals surface area contributed by atoms with Crippen molar-refractivity contribution in [2.24, 2.45) is 5.73 Å². The molecule has 0 fully saturated rings. The zero-order valence-electron chi connectivity index (χ0n) is 9.69. The number of ether oxygens (including phenoxy) is 1. The molecule has 0 spiro atoms. The summed E-state index contributed by atoms with van der Waals surface area (Å²) in [7, 11) is 0.